The molecule has 11 heteroatoms. The van der Waals surface area contributed by atoms with Crippen molar-refractivity contribution in [3.8, 4) is 0 Å². The molecule has 41 heavy (non-hydrogen) atoms. The third-order valence-electron chi connectivity index (χ3n) is 8.17. The molecule has 2 aliphatic rings. The van der Waals surface area contributed by atoms with Crippen LogP contribution in [0.2, 0.25) is 10.0 Å². The van der Waals surface area contributed by atoms with Crippen molar-refractivity contribution in [3.05, 3.63) is 68.1 Å². The highest BCUT2D eigenvalue weighted by molar-refractivity contribution is 9.10. The number of carbonyl (C=O) groups is 3. The van der Waals surface area contributed by atoms with Crippen LogP contribution in [0.25, 0.3) is 0 Å². The summed E-state index contributed by atoms with van der Waals surface area (Å²) in [6.45, 7) is 3.25. The highest BCUT2D eigenvalue weighted by Gasteiger charge is 2.41. The molecule has 1 aliphatic carbocycles. The van der Waals surface area contributed by atoms with Crippen LogP contribution in [-0.4, -0.2) is 78.4 Å². The number of hydrogen-bond donors (Lipinski definition) is 3. The van der Waals surface area contributed by atoms with Gasteiger partial charge in [-0.05, 0) is 54.8 Å². The van der Waals surface area contributed by atoms with E-state index in [2.05, 4.69) is 31.5 Å². The molecule has 1 atom stereocenters. The molecule has 8 nitrogen and oxygen atoms in total. The smallest absolute Gasteiger partial charge is 0.251 e. The molecule has 0 spiro atoms. The summed E-state index contributed by atoms with van der Waals surface area (Å²) in [4.78, 5) is 43.4. The van der Waals surface area contributed by atoms with Crippen LogP contribution in [0.1, 0.15) is 54.4 Å². The summed E-state index contributed by atoms with van der Waals surface area (Å²) >= 11 is 15.9. The highest BCUT2D eigenvalue weighted by Crippen LogP contribution is 2.34. The summed E-state index contributed by atoms with van der Waals surface area (Å²) in [5.74, 6) is -0.479. The van der Waals surface area contributed by atoms with Crippen molar-refractivity contribution in [3.63, 3.8) is 0 Å². The summed E-state index contributed by atoms with van der Waals surface area (Å²) in [7, 11) is 0. The second-order valence-electron chi connectivity index (χ2n) is 10.9. The molecule has 2 aromatic carbocycles. The Bertz CT molecular complexity index is 1220. The van der Waals surface area contributed by atoms with Crippen molar-refractivity contribution >= 4 is 56.9 Å². The molecule has 3 amide bonds. The number of piperazine rings is 1. The molecule has 4 rings (SSSR count). The fourth-order valence-electron chi connectivity index (χ4n) is 5.89. The van der Waals surface area contributed by atoms with Crippen molar-refractivity contribution in [2.24, 2.45) is 5.73 Å². The molecule has 4 N–H and O–H groups in total. The van der Waals surface area contributed by atoms with E-state index >= 15 is 0 Å². The number of halogens is 3. The van der Waals surface area contributed by atoms with E-state index in [1.807, 2.05) is 29.2 Å². The maximum atomic E-state index is 13.7. The van der Waals surface area contributed by atoms with E-state index in [0.717, 1.165) is 35.7 Å². The van der Waals surface area contributed by atoms with Gasteiger partial charge in [-0.25, -0.2) is 0 Å². The third-order valence-corrected chi connectivity index (χ3v) is 9.29. The van der Waals surface area contributed by atoms with Gasteiger partial charge >= 0.3 is 0 Å². The maximum absolute atomic E-state index is 13.7. The van der Waals surface area contributed by atoms with Crippen molar-refractivity contribution < 1.29 is 14.4 Å². The fraction of sp³-hybridized carbons (Fsp3) is 0.500. The highest BCUT2D eigenvalue weighted by atomic mass is 79.9. The summed E-state index contributed by atoms with van der Waals surface area (Å²) < 4.78 is 0.933. The Morgan fingerprint density at radius 1 is 0.976 bits per heavy atom. The first-order valence-electron chi connectivity index (χ1n) is 14.2. The predicted octanol–water partition coefficient (Wildman–Crippen LogP) is 4.41. The topological polar surface area (TPSA) is 108 Å². The van der Waals surface area contributed by atoms with Crippen LogP contribution in [0, 0.1) is 0 Å². The second kappa shape index (κ2) is 14.8. The number of nitrogens with one attached hydrogen (secondary N) is 2. The quantitative estimate of drug-likeness (QED) is 0.348. The normalized spacial score (nSPS) is 18.0. The Hall–Kier alpha value is -2.17. The first kappa shape index (κ1) is 31.8. The Morgan fingerprint density at radius 2 is 1.66 bits per heavy atom. The minimum Gasteiger partial charge on any atom is -0.350 e. The van der Waals surface area contributed by atoms with Crippen molar-refractivity contribution in [1.29, 1.82) is 0 Å². The van der Waals surface area contributed by atoms with Crippen LogP contribution in [0.5, 0.6) is 0 Å². The first-order valence-corrected chi connectivity index (χ1v) is 15.8. The Labute approximate surface area is 260 Å². The number of hydrogen-bond acceptors (Lipinski definition) is 5. The molecule has 0 radical (unpaired) electrons. The number of nitrogens with zero attached hydrogens (tertiary/aromatic N) is 2. The van der Waals surface area contributed by atoms with Gasteiger partial charge in [0.2, 0.25) is 11.8 Å². The second-order valence-corrected chi connectivity index (χ2v) is 12.6. The van der Waals surface area contributed by atoms with Gasteiger partial charge < -0.3 is 21.3 Å². The minimum atomic E-state index is -0.756. The molecular weight excluding hydrogens is 629 g/mol. The van der Waals surface area contributed by atoms with E-state index in [1.165, 1.54) is 6.42 Å². The van der Waals surface area contributed by atoms with Gasteiger partial charge in [0.15, 0.2) is 0 Å². The zero-order chi connectivity index (χ0) is 29.4. The Kier molecular flexibility index (Phi) is 11.5. The molecule has 0 bridgehead atoms. The van der Waals surface area contributed by atoms with Gasteiger partial charge in [0, 0.05) is 77.7 Å². The summed E-state index contributed by atoms with van der Waals surface area (Å²) in [6.07, 6.45) is 5.84. The zero-order valence-corrected chi connectivity index (χ0v) is 26.2. The molecule has 0 aromatic heterocycles. The predicted molar refractivity (Wildman–Crippen MR) is 166 cm³/mol. The Morgan fingerprint density at radius 3 is 2.29 bits per heavy atom. The van der Waals surface area contributed by atoms with Crippen molar-refractivity contribution in [2.75, 3.05) is 39.3 Å². The molecule has 1 aliphatic heterocycles. The minimum absolute atomic E-state index is 0.0758. The van der Waals surface area contributed by atoms with Gasteiger partial charge in [0.1, 0.15) is 6.04 Å². The SMILES string of the molecule is NCCC(=O)N[C@H](Cc1ccc(Cl)cc1Cl)C(=O)N1CCN(C2(CNC(=O)c3ccc(Br)cc3)CCCCC2)CC1. The van der Waals surface area contributed by atoms with Crippen LogP contribution in [0.15, 0.2) is 46.9 Å². The number of nitrogens with two attached hydrogens (primary N) is 1. The van der Waals surface area contributed by atoms with Crippen molar-refractivity contribution in [2.45, 2.75) is 56.5 Å². The molecule has 2 aromatic rings. The third kappa shape index (κ3) is 8.45. The molecule has 1 saturated carbocycles. The molecule has 0 unspecified atom stereocenters. The van der Waals surface area contributed by atoms with E-state index in [0.29, 0.717) is 48.3 Å². The average molecular weight is 667 g/mol. The van der Waals surface area contributed by atoms with Crippen LogP contribution in [0.3, 0.4) is 0 Å². The number of carbonyl (C=O) groups excluding carboxylic acids is 3. The summed E-state index contributed by atoms with van der Waals surface area (Å²) in [6, 6.07) is 11.8. The van der Waals surface area contributed by atoms with Gasteiger partial charge in [-0.1, -0.05) is 64.5 Å². The van der Waals surface area contributed by atoms with E-state index in [-0.39, 0.29) is 42.6 Å². The summed E-state index contributed by atoms with van der Waals surface area (Å²) in [5.41, 5.74) is 6.81. The van der Waals surface area contributed by atoms with E-state index < -0.39 is 6.04 Å². The number of benzene rings is 2. The molecule has 1 saturated heterocycles. The van der Waals surface area contributed by atoms with Crippen LogP contribution >= 0.6 is 39.1 Å². The lowest BCUT2D eigenvalue weighted by Crippen LogP contribution is -2.63. The van der Waals surface area contributed by atoms with Crippen LogP contribution in [-0.2, 0) is 16.0 Å². The largest absolute Gasteiger partial charge is 0.350 e. The molecule has 1 heterocycles. The van der Waals surface area contributed by atoms with E-state index in [1.54, 1.807) is 18.2 Å². The summed E-state index contributed by atoms with van der Waals surface area (Å²) in [5, 5.41) is 7.03. The van der Waals surface area contributed by atoms with E-state index in [9.17, 15) is 14.4 Å². The molecular formula is C30H38BrCl2N5O3. The lowest BCUT2D eigenvalue weighted by Gasteiger charge is -2.50. The van der Waals surface area contributed by atoms with E-state index in [4.69, 9.17) is 28.9 Å². The standard InChI is InChI=1S/C30H38BrCl2N5O3/c31-23-7-4-21(5-8-23)28(40)35-20-30(11-2-1-3-12-30)38-16-14-37(15-17-38)29(41)26(36-27(39)10-13-34)18-22-6-9-24(32)19-25(22)33/h4-9,19,26H,1-3,10-18,20,34H2,(H,35,40)(H,36,39)/t26-/m1/s1. The Balaban J connectivity index is 1.42. The van der Waals surface area contributed by atoms with Crippen molar-refractivity contribution in [1.82, 2.24) is 20.4 Å². The average Bonchev–Trinajstić information content (AvgIpc) is 2.97. The van der Waals surface area contributed by atoms with Gasteiger partial charge in [0.05, 0.1) is 0 Å². The van der Waals surface area contributed by atoms with Crippen LogP contribution in [0.4, 0.5) is 0 Å². The van der Waals surface area contributed by atoms with Crippen LogP contribution < -0.4 is 16.4 Å². The zero-order valence-electron chi connectivity index (χ0n) is 23.1. The molecule has 2 fully saturated rings. The first-order chi connectivity index (χ1) is 19.7. The van der Waals surface area contributed by atoms with Gasteiger partial charge in [-0.15, -0.1) is 0 Å². The number of rotatable bonds is 10. The monoisotopic (exact) mass is 665 g/mol. The lowest BCUT2D eigenvalue weighted by atomic mass is 9.79. The lowest BCUT2D eigenvalue weighted by molar-refractivity contribution is -0.139. The van der Waals surface area contributed by atoms with Gasteiger partial charge in [-0.2, -0.15) is 0 Å². The van der Waals surface area contributed by atoms with Gasteiger partial charge in [0.25, 0.3) is 5.91 Å². The fourth-order valence-corrected chi connectivity index (χ4v) is 6.64. The maximum Gasteiger partial charge on any atom is 0.251 e. The number of amides is 3. The molecule has 222 valence electrons. The van der Waals surface area contributed by atoms with Gasteiger partial charge in [-0.3, -0.25) is 19.3 Å².